The largest absolute Gasteiger partial charge is 0.380 e. The van der Waals surface area contributed by atoms with E-state index in [9.17, 15) is 5.11 Å². The Balaban J connectivity index is 1.77. The molecule has 0 unspecified atom stereocenters. The summed E-state index contributed by atoms with van der Waals surface area (Å²) in [5, 5.41) is 11.4. The molecule has 0 saturated carbocycles. The molecule has 0 amide bonds. The van der Waals surface area contributed by atoms with Gasteiger partial charge in [-0.25, -0.2) is 0 Å². The minimum atomic E-state index is -0.887. The van der Waals surface area contributed by atoms with Gasteiger partial charge >= 0.3 is 0 Å². The third kappa shape index (κ3) is 3.40. The van der Waals surface area contributed by atoms with Gasteiger partial charge in [-0.2, -0.15) is 0 Å². The molecule has 0 radical (unpaired) electrons. The van der Waals surface area contributed by atoms with E-state index >= 15 is 0 Å². The summed E-state index contributed by atoms with van der Waals surface area (Å²) >= 11 is 0. The van der Waals surface area contributed by atoms with Gasteiger partial charge in [-0.1, -0.05) is 60.7 Å². The van der Waals surface area contributed by atoms with E-state index in [0.29, 0.717) is 0 Å². The molecule has 3 rings (SSSR count). The van der Waals surface area contributed by atoms with Crippen molar-refractivity contribution in [1.82, 2.24) is 4.90 Å². The second kappa shape index (κ2) is 7.08. The number of nitrogens with zero attached hydrogens (tertiary/aromatic N) is 1. The number of rotatable bonds is 6. The van der Waals surface area contributed by atoms with Crippen LogP contribution in [0.5, 0.6) is 0 Å². The molecule has 116 valence electrons. The first-order valence-electron chi connectivity index (χ1n) is 8.35. The lowest BCUT2D eigenvalue weighted by Crippen LogP contribution is -2.29. The number of aliphatic hydroxyl groups is 1. The molecule has 2 nitrogen and oxygen atoms in total. The molecule has 2 aromatic rings. The summed E-state index contributed by atoms with van der Waals surface area (Å²) in [7, 11) is 0. The third-order valence-corrected chi connectivity index (χ3v) is 4.71. The minimum Gasteiger partial charge on any atom is -0.380 e. The summed E-state index contributed by atoms with van der Waals surface area (Å²) < 4.78 is 0. The molecule has 1 fully saturated rings. The zero-order chi connectivity index (χ0) is 15.3. The van der Waals surface area contributed by atoms with Gasteiger partial charge < -0.3 is 10.0 Å². The SMILES string of the molecule is OC(CCCN1CCCC1)(c1ccccc1)c1ccccc1. The minimum absolute atomic E-state index is 0.761. The standard InChI is InChI=1S/C20H25NO/c22-20(18-10-3-1-4-11-18,19-12-5-2-6-13-19)14-9-17-21-15-7-8-16-21/h1-6,10-13,22H,7-9,14-17H2. The van der Waals surface area contributed by atoms with Crippen LogP contribution in [-0.4, -0.2) is 29.6 Å². The van der Waals surface area contributed by atoms with Gasteiger partial charge in [0.2, 0.25) is 0 Å². The molecule has 22 heavy (non-hydrogen) atoms. The lowest BCUT2D eigenvalue weighted by atomic mass is 9.82. The van der Waals surface area contributed by atoms with Crippen LogP contribution in [0.4, 0.5) is 0 Å². The van der Waals surface area contributed by atoms with E-state index in [2.05, 4.69) is 4.90 Å². The first kappa shape index (κ1) is 15.3. The Morgan fingerprint density at radius 1 is 0.818 bits per heavy atom. The van der Waals surface area contributed by atoms with Gasteiger partial charge in [0.25, 0.3) is 0 Å². The molecule has 0 bridgehead atoms. The van der Waals surface area contributed by atoms with E-state index in [0.717, 1.165) is 30.5 Å². The molecule has 0 atom stereocenters. The van der Waals surface area contributed by atoms with Gasteiger partial charge in [0.1, 0.15) is 5.60 Å². The smallest absolute Gasteiger partial charge is 0.115 e. The van der Waals surface area contributed by atoms with Crippen molar-refractivity contribution in [3.63, 3.8) is 0 Å². The highest BCUT2D eigenvalue weighted by Crippen LogP contribution is 2.34. The second-order valence-corrected chi connectivity index (χ2v) is 6.24. The summed E-state index contributed by atoms with van der Waals surface area (Å²) in [6.45, 7) is 3.52. The van der Waals surface area contributed by atoms with Crippen molar-refractivity contribution in [1.29, 1.82) is 0 Å². The van der Waals surface area contributed by atoms with Crippen LogP contribution in [0.1, 0.15) is 36.8 Å². The van der Waals surface area contributed by atoms with Crippen LogP contribution in [-0.2, 0) is 5.60 Å². The molecule has 0 spiro atoms. The number of benzene rings is 2. The van der Waals surface area contributed by atoms with E-state index in [1.165, 1.54) is 25.9 Å². The van der Waals surface area contributed by atoms with Crippen LogP contribution in [0, 0.1) is 0 Å². The Hall–Kier alpha value is -1.64. The Labute approximate surface area is 133 Å². The molecular formula is C20H25NO. The van der Waals surface area contributed by atoms with Gasteiger partial charge in [-0.15, -0.1) is 0 Å². The van der Waals surface area contributed by atoms with E-state index in [4.69, 9.17) is 0 Å². The Bertz CT molecular complexity index is 521. The van der Waals surface area contributed by atoms with Gasteiger partial charge in [0.15, 0.2) is 0 Å². The highest BCUT2D eigenvalue weighted by molar-refractivity contribution is 5.35. The Morgan fingerprint density at radius 3 is 1.82 bits per heavy atom. The molecular weight excluding hydrogens is 270 g/mol. The summed E-state index contributed by atoms with van der Waals surface area (Å²) in [4.78, 5) is 2.51. The van der Waals surface area contributed by atoms with Crippen LogP contribution in [0.2, 0.25) is 0 Å². The molecule has 1 N–H and O–H groups in total. The van der Waals surface area contributed by atoms with Gasteiger partial charge in [0.05, 0.1) is 0 Å². The van der Waals surface area contributed by atoms with Crippen molar-refractivity contribution < 1.29 is 5.11 Å². The lowest BCUT2D eigenvalue weighted by molar-refractivity contribution is 0.0657. The summed E-state index contributed by atoms with van der Waals surface area (Å²) in [5.41, 5.74) is 1.09. The monoisotopic (exact) mass is 295 g/mol. The summed E-state index contributed by atoms with van der Waals surface area (Å²) in [5.74, 6) is 0. The van der Waals surface area contributed by atoms with Crippen molar-refractivity contribution in [2.75, 3.05) is 19.6 Å². The van der Waals surface area contributed by atoms with Crippen LogP contribution < -0.4 is 0 Å². The summed E-state index contributed by atoms with van der Waals surface area (Å²) in [6.07, 6.45) is 4.42. The number of hydrogen-bond acceptors (Lipinski definition) is 2. The normalized spacial score (nSPS) is 16.0. The highest BCUT2D eigenvalue weighted by Gasteiger charge is 2.31. The van der Waals surface area contributed by atoms with Crippen molar-refractivity contribution in [2.45, 2.75) is 31.3 Å². The average Bonchev–Trinajstić information content (AvgIpc) is 3.10. The van der Waals surface area contributed by atoms with Crippen molar-refractivity contribution in [3.05, 3.63) is 71.8 Å². The predicted octanol–water partition coefficient (Wildman–Crippen LogP) is 3.80. The van der Waals surface area contributed by atoms with Crippen LogP contribution in [0.15, 0.2) is 60.7 Å². The first-order chi connectivity index (χ1) is 10.8. The zero-order valence-electron chi connectivity index (χ0n) is 13.1. The zero-order valence-corrected chi connectivity index (χ0v) is 13.1. The van der Waals surface area contributed by atoms with Gasteiger partial charge in [0, 0.05) is 0 Å². The fourth-order valence-corrected chi connectivity index (χ4v) is 3.45. The Kier molecular flexibility index (Phi) is 4.91. The fourth-order valence-electron chi connectivity index (χ4n) is 3.45. The topological polar surface area (TPSA) is 23.5 Å². The van der Waals surface area contributed by atoms with Crippen molar-refractivity contribution in [2.24, 2.45) is 0 Å². The maximum Gasteiger partial charge on any atom is 0.115 e. The van der Waals surface area contributed by atoms with Crippen LogP contribution in [0.3, 0.4) is 0 Å². The molecule has 0 aliphatic carbocycles. The van der Waals surface area contributed by atoms with Crippen LogP contribution in [0.25, 0.3) is 0 Å². The molecule has 2 aromatic carbocycles. The molecule has 1 aliphatic rings. The predicted molar refractivity (Wildman–Crippen MR) is 90.8 cm³/mol. The maximum absolute atomic E-state index is 11.4. The summed E-state index contributed by atoms with van der Waals surface area (Å²) in [6, 6.07) is 20.1. The lowest BCUT2D eigenvalue weighted by Gasteiger charge is -2.30. The van der Waals surface area contributed by atoms with E-state index in [1.54, 1.807) is 0 Å². The van der Waals surface area contributed by atoms with Crippen molar-refractivity contribution in [3.8, 4) is 0 Å². The van der Waals surface area contributed by atoms with Crippen molar-refractivity contribution >= 4 is 0 Å². The second-order valence-electron chi connectivity index (χ2n) is 6.24. The highest BCUT2D eigenvalue weighted by atomic mass is 16.3. The van der Waals surface area contributed by atoms with E-state index in [1.807, 2.05) is 60.7 Å². The molecule has 0 aromatic heterocycles. The maximum atomic E-state index is 11.4. The first-order valence-corrected chi connectivity index (χ1v) is 8.35. The number of hydrogen-bond donors (Lipinski definition) is 1. The third-order valence-electron chi connectivity index (χ3n) is 4.71. The fraction of sp³-hybridized carbons (Fsp3) is 0.400. The van der Waals surface area contributed by atoms with Gasteiger partial charge in [-0.05, 0) is 56.4 Å². The number of likely N-dealkylation sites (tertiary alicyclic amines) is 1. The van der Waals surface area contributed by atoms with E-state index < -0.39 is 5.60 Å². The molecule has 1 heterocycles. The quantitative estimate of drug-likeness (QED) is 0.876. The van der Waals surface area contributed by atoms with Gasteiger partial charge in [-0.3, -0.25) is 0 Å². The average molecular weight is 295 g/mol. The molecule has 1 aliphatic heterocycles. The van der Waals surface area contributed by atoms with Crippen LogP contribution >= 0.6 is 0 Å². The molecule has 1 saturated heterocycles. The molecule has 2 heteroatoms. The van der Waals surface area contributed by atoms with E-state index in [-0.39, 0.29) is 0 Å². The Morgan fingerprint density at radius 2 is 1.32 bits per heavy atom.